The van der Waals surface area contributed by atoms with Crippen molar-refractivity contribution in [3.05, 3.63) is 334 Å². The monoisotopic (exact) mass is 1620 g/mol. The number of furan rings is 1. The molecule has 0 atom stereocenters. The van der Waals surface area contributed by atoms with Gasteiger partial charge >= 0.3 is 5.71 Å². The summed E-state index contributed by atoms with van der Waals surface area (Å²) in [7, 11) is 6.22. The lowest BCUT2D eigenvalue weighted by atomic mass is 10.1. The quantitative estimate of drug-likeness (QED) is 0.152. The maximum atomic E-state index is 8.03. The van der Waals surface area contributed by atoms with E-state index < -0.39 is 6.98 Å². The van der Waals surface area contributed by atoms with E-state index in [1.165, 1.54) is 115 Å². The molecule has 0 unspecified atom stereocenters. The van der Waals surface area contributed by atoms with Crippen molar-refractivity contribution in [3.8, 4) is 79.7 Å². The lowest BCUT2D eigenvalue weighted by Crippen LogP contribution is -2.33. The number of imidazole rings is 5. The first-order valence-corrected chi connectivity index (χ1v) is 41.4. The molecule has 0 amide bonds. The van der Waals surface area contributed by atoms with Gasteiger partial charge in [0.1, 0.15) is 58.0 Å². The van der Waals surface area contributed by atoms with Crippen molar-refractivity contribution in [1.29, 1.82) is 0 Å². The number of pyridine rings is 10. The fraction of sp³-hybridized carbons (Fsp3) is 0.0918. The van der Waals surface area contributed by atoms with Gasteiger partial charge in [-0.05, 0) is 103 Å². The van der Waals surface area contributed by atoms with Crippen LogP contribution in [0.25, 0.3) is 189 Å². The molecule has 0 saturated heterocycles. The fourth-order valence-corrected chi connectivity index (χ4v) is 20.9. The Kier molecular flexibility index (Phi) is 14.8. The summed E-state index contributed by atoms with van der Waals surface area (Å²) in [5.41, 5.74) is 30.2. The van der Waals surface area contributed by atoms with Gasteiger partial charge < -0.3 is 4.42 Å². The molecule has 0 spiro atoms. The Labute approximate surface area is 708 Å². The van der Waals surface area contributed by atoms with Crippen molar-refractivity contribution in [1.82, 2.24) is 86.4 Å². The average Bonchev–Trinajstić information content (AvgIpc) is 1.52. The molecule has 586 valence electrons. The molecular weight excluding hydrogens is 1550 g/mol. The largest absolute Gasteiger partial charge is 0.419 e. The molecule has 20 aromatic heterocycles. The van der Waals surface area contributed by atoms with Crippen molar-refractivity contribution in [2.75, 3.05) is 0 Å². The topological polar surface area (TPSA) is 201 Å². The first-order chi connectivity index (χ1) is 62.0. The highest BCUT2D eigenvalue weighted by atomic mass is 32.1. The van der Waals surface area contributed by atoms with E-state index in [4.69, 9.17) is 8.53 Å². The number of para-hydroxylation sites is 4. The number of aromatic nitrogens is 23. The predicted molar refractivity (Wildman–Crippen MR) is 472 cm³/mol. The van der Waals surface area contributed by atoms with Gasteiger partial charge in [0.05, 0.1) is 107 Å². The van der Waals surface area contributed by atoms with Crippen molar-refractivity contribution in [2.24, 2.45) is 28.1 Å². The molecule has 0 saturated carbocycles. The van der Waals surface area contributed by atoms with Crippen LogP contribution < -0.4 is 22.8 Å². The Bertz CT molecular complexity index is 8420. The molecule has 0 N–H and O–H groups in total. The summed E-state index contributed by atoms with van der Waals surface area (Å²) in [6, 6.07) is 62.4. The first kappa shape index (κ1) is 66.8. The molecular formula is C98H72N23OS+5. The minimum atomic E-state index is -2.27. The van der Waals surface area contributed by atoms with E-state index in [1.807, 2.05) is 136 Å². The number of hydrogen-bond donors (Lipinski definition) is 0. The SMILES string of the molecule is Cn1c2[n+](c3c1c1cnccc1n3C)Cc1ccncc1-2.[2H]C([2H])([2H])n1c2ccncc2c2c1[n+]1c(n2C)-c2cnccc2C1.c1ccc(-n2c3[n+](c4c2c2cnccc2n4-c2ccccc2)Cc2ccncc2-3)cc1.c1ccc(-n2c3[n+](c4oc5ccncc5c42)Cc2ccncc2-3)cc1.c1ccc(-n2c3[n+](c4sc5ccncc5c42)Cc2ccncc2-3)cc1. The van der Waals surface area contributed by atoms with Crippen molar-refractivity contribution < 1.29 is 31.4 Å². The van der Waals surface area contributed by atoms with Gasteiger partial charge in [0.25, 0.3) is 28.6 Å². The molecule has 0 aliphatic carbocycles. The molecule has 0 fully saturated rings. The first-order valence-electron chi connectivity index (χ1n) is 42.1. The van der Waals surface area contributed by atoms with Crippen LogP contribution >= 0.6 is 11.3 Å². The van der Waals surface area contributed by atoms with E-state index in [-0.39, 0.29) is 0 Å². The summed E-state index contributed by atoms with van der Waals surface area (Å²) in [5, 5.41) is 5.41. The van der Waals surface area contributed by atoms with Crippen LogP contribution in [0, 0.1) is 0 Å². The number of benzene rings is 4. The van der Waals surface area contributed by atoms with Gasteiger partial charge in [-0.3, -0.25) is 68.1 Å². The van der Waals surface area contributed by atoms with E-state index in [9.17, 15) is 0 Å². The molecule has 24 nitrogen and oxygen atoms in total. The average molecular weight is 1620 g/mol. The molecule has 0 radical (unpaired) electrons. The Morgan fingerprint density at radius 1 is 0.293 bits per heavy atom. The van der Waals surface area contributed by atoms with Crippen LogP contribution in [0.15, 0.2) is 310 Å². The summed E-state index contributed by atoms with van der Waals surface area (Å²) in [5.74, 6) is 5.68. The second kappa shape index (κ2) is 27.2. The highest BCUT2D eigenvalue weighted by molar-refractivity contribution is 7.25. The second-order valence-electron chi connectivity index (χ2n) is 31.4. The Balaban J connectivity index is 0.0000000863. The highest BCUT2D eigenvalue weighted by Gasteiger charge is 2.43. The van der Waals surface area contributed by atoms with Crippen LogP contribution in [-0.2, 0) is 60.8 Å². The lowest BCUT2D eigenvalue weighted by molar-refractivity contribution is -0.652. The zero-order chi connectivity index (χ0) is 83.9. The number of thiophene rings is 1. The fourth-order valence-electron chi connectivity index (χ4n) is 19.7. The molecule has 123 heavy (non-hydrogen) atoms. The second-order valence-corrected chi connectivity index (χ2v) is 32.4. The summed E-state index contributed by atoms with van der Waals surface area (Å²) in [4.78, 5) is 44.6. The number of hydrogen-bond acceptors (Lipinski definition) is 12. The van der Waals surface area contributed by atoms with E-state index >= 15 is 0 Å². The molecule has 0 bridgehead atoms. The maximum absolute atomic E-state index is 8.03. The third-order valence-corrected chi connectivity index (χ3v) is 26.1. The lowest BCUT2D eigenvalue weighted by Gasteiger charge is -2.04. The van der Waals surface area contributed by atoms with Crippen molar-refractivity contribution in [2.45, 2.75) is 32.7 Å². The van der Waals surface area contributed by atoms with Crippen LogP contribution in [0.2, 0.25) is 0 Å². The number of nitrogens with zero attached hydrogens (tertiary/aromatic N) is 23. The van der Waals surface area contributed by atoms with Gasteiger partial charge in [-0.1, -0.05) is 84.1 Å². The Morgan fingerprint density at radius 3 is 1.14 bits per heavy atom. The molecule has 29 rings (SSSR count). The standard InChI is InChI=1S/C26H18N5.C20H13N4O.C20H13N4S.2C16H14N5/c1-3-7-19(8-4-1)30-23-12-14-28-16-22(23)24-26(30)29-17-18-11-13-27-15-21(18)25(29)31(24)20-9-5-2-6-10-20;2*1-2-4-14(5-3-1)24-18-16-11-22-9-7-17(16)25-20(18)23-12-13-6-8-21-10-15(13)19(23)24;2*1-19-13-4-6-18-8-12(13)14-16(19)21-9-10-3-5-17-7-11(10)15(21)20(14)2/h1-16H,17H2;2*1-11H,12H2;2*3-8H,9H2,1-2H3/q5*+1/i;;;1D3;. The molecule has 24 aromatic rings. The summed E-state index contributed by atoms with van der Waals surface area (Å²) >= 11 is 1.83. The zero-order valence-electron chi connectivity index (χ0n) is 69.5. The van der Waals surface area contributed by atoms with Gasteiger partial charge in [0.15, 0.2) is 16.6 Å². The molecule has 5 aliphatic heterocycles. The van der Waals surface area contributed by atoms with Crippen LogP contribution in [0.3, 0.4) is 0 Å². The predicted octanol–water partition coefficient (Wildman–Crippen LogP) is 15.7. The zero-order valence-corrected chi connectivity index (χ0v) is 67.3. The van der Waals surface area contributed by atoms with Gasteiger partial charge in [-0.15, -0.1) is 0 Å². The summed E-state index contributed by atoms with van der Waals surface area (Å²) in [6.07, 6.45) is 37.5. The van der Waals surface area contributed by atoms with E-state index in [0.717, 1.165) is 121 Å². The van der Waals surface area contributed by atoms with Crippen LogP contribution in [0.4, 0.5) is 0 Å². The van der Waals surface area contributed by atoms with Crippen molar-refractivity contribution >= 4 is 120 Å². The Morgan fingerprint density at radius 2 is 0.642 bits per heavy atom. The normalized spacial score (nSPS) is 13.2. The minimum Gasteiger partial charge on any atom is -0.419 e. The smallest absolute Gasteiger partial charge is 0.340 e. The molecule has 25 heteroatoms. The molecule has 25 heterocycles. The summed E-state index contributed by atoms with van der Waals surface area (Å²) < 4.78 is 60.4. The van der Waals surface area contributed by atoms with E-state index in [0.29, 0.717) is 17.7 Å². The number of rotatable bonds is 4. The molecule has 5 aliphatic rings. The van der Waals surface area contributed by atoms with E-state index in [2.05, 4.69) is 276 Å². The van der Waals surface area contributed by atoms with Gasteiger partial charge in [0.2, 0.25) is 33.3 Å². The third-order valence-electron chi connectivity index (χ3n) is 24.9. The Hall–Kier alpha value is -16.2. The molecule has 4 aromatic carbocycles. The van der Waals surface area contributed by atoms with Crippen LogP contribution in [0.5, 0.6) is 0 Å². The van der Waals surface area contributed by atoms with Crippen LogP contribution in [-0.4, -0.2) is 86.4 Å². The maximum Gasteiger partial charge on any atom is 0.340 e. The number of fused-ring (bicyclic) bond motifs is 35. The third kappa shape index (κ3) is 10.2. The summed E-state index contributed by atoms with van der Waals surface area (Å²) in [6.45, 7) is 1.78. The minimum absolute atomic E-state index is 0.643. The van der Waals surface area contributed by atoms with Gasteiger partial charge in [-0.2, -0.15) is 13.7 Å². The van der Waals surface area contributed by atoms with Crippen LogP contribution in [0.1, 0.15) is 31.9 Å². The van der Waals surface area contributed by atoms with Gasteiger partial charge in [-0.25, -0.2) is 27.4 Å². The highest BCUT2D eigenvalue weighted by Crippen LogP contribution is 2.45. The number of aryl methyl sites for hydroxylation is 4. The van der Waals surface area contributed by atoms with E-state index in [1.54, 1.807) is 30.9 Å². The van der Waals surface area contributed by atoms with Gasteiger partial charge in [0, 0.05) is 163 Å². The van der Waals surface area contributed by atoms with Crippen molar-refractivity contribution in [3.63, 3.8) is 0 Å².